The molecule has 0 spiro atoms. The van der Waals surface area contributed by atoms with Crippen molar-refractivity contribution in [2.75, 3.05) is 0 Å². The molecule has 0 aliphatic carbocycles. The number of nitrogens with two attached hydrogens (primary N) is 1. The third kappa shape index (κ3) is 1.63. The molecule has 0 radical (unpaired) electrons. The van der Waals surface area contributed by atoms with E-state index in [1.165, 1.54) is 0 Å². The molecule has 84 valence electrons. The van der Waals surface area contributed by atoms with Crippen molar-refractivity contribution in [3.63, 3.8) is 0 Å². The van der Waals surface area contributed by atoms with Gasteiger partial charge in [-0.2, -0.15) is 0 Å². The van der Waals surface area contributed by atoms with Gasteiger partial charge in [0.15, 0.2) is 0 Å². The molecule has 1 unspecified atom stereocenters. The first kappa shape index (κ1) is 9.59. The van der Waals surface area contributed by atoms with Crippen LogP contribution in [0.1, 0.15) is 23.8 Å². The summed E-state index contributed by atoms with van der Waals surface area (Å²) < 4.78 is 7.47. The molecule has 5 heteroatoms. The van der Waals surface area contributed by atoms with E-state index >= 15 is 0 Å². The lowest BCUT2D eigenvalue weighted by molar-refractivity contribution is 0.449. The van der Waals surface area contributed by atoms with Crippen LogP contribution in [0, 0.1) is 0 Å². The van der Waals surface area contributed by atoms with Gasteiger partial charge in [0, 0.05) is 19.0 Å². The molecule has 5 nitrogen and oxygen atoms in total. The summed E-state index contributed by atoms with van der Waals surface area (Å²) in [6.07, 6.45) is 4.20. The SMILES string of the molecule is NC1CCn2c(Cc3ccco3)nnc2C1. The highest BCUT2D eigenvalue weighted by molar-refractivity contribution is 5.09. The second kappa shape index (κ2) is 3.75. The maximum atomic E-state index is 5.90. The van der Waals surface area contributed by atoms with Crippen LogP contribution in [0.5, 0.6) is 0 Å². The molecule has 0 bridgehead atoms. The number of furan rings is 1. The second-order valence-electron chi connectivity index (χ2n) is 4.19. The van der Waals surface area contributed by atoms with E-state index in [1.807, 2.05) is 12.1 Å². The average molecular weight is 218 g/mol. The van der Waals surface area contributed by atoms with Crippen LogP contribution >= 0.6 is 0 Å². The Balaban J connectivity index is 1.86. The van der Waals surface area contributed by atoms with Crippen molar-refractivity contribution < 1.29 is 4.42 Å². The van der Waals surface area contributed by atoms with Crippen LogP contribution in [0.4, 0.5) is 0 Å². The Hall–Kier alpha value is -1.62. The topological polar surface area (TPSA) is 69.9 Å². The van der Waals surface area contributed by atoms with E-state index in [4.69, 9.17) is 10.2 Å². The third-order valence-electron chi connectivity index (χ3n) is 2.98. The highest BCUT2D eigenvalue weighted by atomic mass is 16.3. The maximum absolute atomic E-state index is 5.90. The fraction of sp³-hybridized carbons (Fsp3) is 0.455. The fourth-order valence-corrected chi connectivity index (χ4v) is 2.11. The highest BCUT2D eigenvalue weighted by Gasteiger charge is 2.20. The minimum absolute atomic E-state index is 0.230. The van der Waals surface area contributed by atoms with E-state index < -0.39 is 0 Å². The van der Waals surface area contributed by atoms with Crippen LogP contribution in [0.25, 0.3) is 0 Å². The third-order valence-corrected chi connectivity index (χ3v) is 2.98. The van der Waals surface area contributed by atoms with Crippen molar-refractivity contribution in [2.24, 2.45) is 5.73 Å². The first-order chi connectivity index (χ1) is 7.83. The second-order valence-corrected chi connectivity index (χ2v) is 4.19. The van der Waals surface area contributed by atoms with E-state index in [2.05, 4.69) is 14.8 Å². The zero-order valence-corrected chi connectivity index (χ0v) is 8.97. The summed E-state index contributed by atoms with van der Waals surface area (Å²) in [7, 11) is 0. The smallest absolute Gasteiger partial charge is 0.140 e. The van der Waals surface area contributed by atoms with Crippen LogP contribution in [-0.2, 0) is 19.4 Å². The van der Waals surface area contributed by atoms with E-state index in [0.29, 0.717) is 6.42 Å². The predicted molar refractivity (Wildman–Crippen MR) is 57.8 cm³/mol. The maximum Gasteiger partial charge on any atom is 0.140 e. The highest BCUT2D eigenvalue weighted by Crippen LogP contribution is 2.16. The van der Waals surface area contributed by atoms with Gasteiger partial charge in [-0.1, -0.05) is 0 Å². The molecule has 2 aromatic rings. The molecule has 2 aromatic heterocycles. The Morgan fingerprint density at radius 2 is 2.44 bits per heavy atom. The van der Waals surface area contributed by atoms with Gasteiger partial charge in [0.2, 0.25) is 0 Å². The lowest BCUT2D eigenvalue weighted by Crippen LogP contribution is -2.31. The Bertz CT molecular complexity index is 474. The molecule has 2 N–H and O–H groups in total. The van der Waals surface area contributed by atoms with Gasteiger partial charge < -0.3 is 14.7 Å². The van der Waals surface area contributed by atoms with E-state index in [1.54, 1.807) is 6.26 Å². The number of hydrogen-bond acceptors (Lipinski definition) is 4. The van der Waals surface area contributed by atoms with Gasteiger partial charge in [0.25, 0.3) is 0 Å². The Morgan fingerprint density at radius 3 is 3.25 bits per heavy atom. The molecule has 0 fully saturated rings. The fourth-order valence-electron chi connectivity index (χ4n) is 2.11. The summed E-state index contributed by atoms with van der Waals surface area (Å²) in [6, 6.07) is 4.07. The number of fused-ring (bicyclic) bond motifs is 1. The van der Waals surface area contributed by atoms with Crippen molar-refractivity contribution in [3.8, 4) is 0 Å². The lowest BCUT2D eigenvalue weighted by atomic mass is 10.1. The van der Waals surface area contributed by atoms with Crippen LogP contribution < -0.4 is 5.73 Å². The Labute approximate surface area is 93.3 Å². The first-order valence-corrected chi connectivity index (χ1v) is 5.52. The van der Waals surface area contributed by atoms with Crippen molar-refractivity contribution in [2.45, 2.75) is 31.8 Å². The molecule has 3 heterocycles. The first-order valence-electron chi connectivity index (χ1n) is 5.52. The van der Waals surface area contributed by atoms with Crippen molar-refractivity contribution in [1.29, 1.82) is 0 Å². The number of rotatable bonds is 2. The number of hydrogen-bond donors (Lipinski definition) is 1. The van der Waals surface area contributed by atoms with E-state index in [9.17, 15) is 0 Å². The molecule has 1 aliphatic rings. The summed E-state index contributed by atoms with van der Waals surface area (Å²) >= 11 is 0. The van der Waals surface area contributed by atoms with Crippen LogP contribution in [0.3, 0.4) is 0 Å². The monoisotopic (exact) mass is 218 g/mol. The van der Waals surface area contributed by atoms with Gasteiger partial charge >= 0.3 is 0 Å². The molecule has 0 amide bonds. The summed E-state index contributed by atoms with van der Waals surface area (Å²) in [4.78, 5) is 0. The molecular weight excluding hydrogens is 204 g/mol. The summed E-state index contributed by atoms with van der Waals surface area (Å²) in [5.74, 6) is 2.89. The minimum Gasteiger partial charge on any atom is -0.469 e. The Morgan fingerprint density at radius 1 is 1.50 bits per heavy atom. The molecule has 3 rings (SSSR count). The average Bonchev–Trinajstić information content (AvgIpc) is 2.89. The van der Waals surface area contributed by atoms with E-state index in [0.717, 1.165) is 36.8 Å². The normalized spacial score (nSPS) is 19.7. The van der Waals surface area contributed by atoms with Crippen LogP contribution in [0.15, 0.2) is 22.8 Å². The van der Waals surface area contributed by atoms with Gasteiger partial charge in [0.05, 0.1) is 12.7 Å². The van der Waals surface area contributed by atoms with Gasteiger partial charge in [-0.05, 0) is 18.6 Å². The number of nitrogens with zero attached hydrogens (tertiary/aromatic N) is 3. The van der Waals surface area contributed by atoms with Crippen LogP contribution in [-0.4, -0.2) is 20.8 Å². The van der Waals surface area contributed by atoms with Crippen molar-refractivity contribution in [1.82, 2.24) is 14.8 Å². The van der Waals surface area contributed by atoms with Gasteiger partial charge in [-0.15, -0.1) is 10.2 Å². The number of aromatic nitrogens is 3. The molecule has 0 aromatic carbocycles. The Kier molecular flexibility index (Phi) is 2.25. The van der Waals surface area contributed by atoms with E-state index in [-0.39, 0.29) is 6.04 Å². The molecule has 0 saturated carbocycles. The molecule has 0 saturated heterocycles. The van der Waals surface area contributed by atoms with Crippen molar-refractivity contribution in [3.05, 3.63) is 35.8 Å². The van der Waals surface area contributed by atoms with Crippen molar-refractivity contribution >= 4 is 0 Å². The summed E-state index contributed by atoms with van der Waals surface area (Å²) in [5.41, 5.74) is 5.90. The predicted octanol–water partition coefficient (Wildman–Crippen LogP) is 0.735. The van der Waals surface area contributed by atoms with Gasteiger partial charge in [0.1, 0.15) is 17.4 Å². The molecule has 1 atom stereocenters. The molecule has 16 heavy (non-hydrogen) atoms. The van der Waals surface area contributed by atoms with Gasteiger partial charge in [-0.25, -0.2) is 0 Å². The summed E-state index contributed by atoms with van der Waals surface area (Å²) in [5, 5.41) is 8.38. The zero-order valence-electron chi connectivity index (χ0n) is 8.97. The molecular formula is C11H14N4O. The minimum atomic E-state index is 0.230. The molecule has 1 aliphatic heterocycles. The standard InChI is InChI=1S/C11H14N4O/c12-8-3-4-15-10(6-8)13-14-11(15)7-9-2-1-5-16-9/h1-2,5,8H,3-4,6-7,12H2. The van der Waals surface area contributed by atoms with Gasteiger partial charge in [-0.3, -0.25) is 0 Å². The summed E-state index contributed by atoms with van der Waals surface area (Å²) in [6.45, 7) is 0.916. The quantitative estimate of drug-likeness (QED) is 0.807. The lowest BCUT2D eigenvalue weighted by Gasteiger charge is -2.19. The zero-order chi connectivity index (χ0) is 11.0. The van der Waals surface area contributed by atoms with Crippen LogP contribution in [0.2, 0.25) is 0 Å². The largest absolute Gasteiger partial charge is 0.469 e.